The predicted molar refractivity (Wildman–Crippen MR) is 157 cm³/mol. The van der Waals surface area contributed by atoms with Gasteiger partial charge in [-0.15, -0.1) is 5.54 Å². The van der Waals surface area contributed by atoms with Crippen LogP contribution in [-0.4, -0.2) is 45.9 Å². The Labute approximate surface area is 221 Å². The lowest BCUT2D eigenvalue weighted by Gasteiger charge is -2.43. The molecule has 1 aliphatic heterocycles. The summed E-state index contributed by atoms with van der Waals surface area (Å²) in [5.74, 6) is 3.43. The lowest BCUT2D eigenvalue weighted by molar-refractivity contribution is 0.0941. The summed E-state index contributed by atoms with van der Waals surface area (Å²) >= 11 is 0. The molecular formula is C31H46O3Si2. The molecule has 3 rings (SSSR count). The van der Waals surface area contributed by atoms with Crippen LogP contribution in [-0.2, 0) is 9.16 Å². The zero-order chi connectivity index (χ0) is 26.5. The first-order chi connectivity index (χ1) is 17.0. The van der Waals surface area contributed by atoms with E-state index in [0.29, 0.717) is 6.61 Å². The maximum atomic E-state index is 11.3. The second-order valence-corrected chi connectivity index (χ2v) is 21.3. The summed E-state index contributed by atoms with van der Waals surface area (Å²) in [5.41, 5.74) is 2.68. The summed E-state index contributed by atoms with van der Waals surface area (Å²) in [7, 11) is -4.29. The fourth-order valence-electron chi connectivity index (χ4n) is 5.07. The maximum absolute atomic E-state index is 11.3. The van der Waals surface area contributed by atoms with Crippen LogP contribution >= 0.6 is 0 Å². The van der Waals surface area contributed by atoms with Crippen LogP contribution in [0.5, 0.6) is 0 Å². The molecule has 1 heterocycles. The van der Waals surface area contributed by atoms with E-state index in [0.717, 1.165) is 19.3 Å². The molecule has 1 unspecified atom stereocenters. The summed E-state index contributed by atoms with van der Waals surface area (Å²) in [6, 6.07) is 21.4. The number of unbranched alkanes of at least 4 members (excludes halogenated alkanes) is 3. The number of ether oxygens (including phenoxy) is 1. The van der Waals surface area contributed by atoms with Crippen LogP contribution in [0.4, 0.5) is 0 Å². The SMILES string of the molecule is CCCCCCC(O)[C@@]1(C#C[Si](C)(C)C)O[C@@H]1CO[Si](c1ccccc1)(c1ccccc1)C(C)(C)C. The highest BCUT2D eigenvalue weighted by Crippen LogP contribution is 2.44. The summed E-state index contributed by atoms with van der Waals surface area (Å²) in [4.78, 5) is 0. The van der Waals surface area contributed by atoms with E-state index in [9.17, 15) is 5.11 Å². The molecule has 0 bridgehead atoms. The van der Waals surface area contributed by atoms with Gasteiger partial charge in [0.1, 0.15) is 14.2 Å². The third-order valence-corrected chi connectivity index (χ3v) is 13.0. The van der Waals surface area contributed by atoms with E-state index >= 15 is 0 Å². The Morgan fingerprint density at radius 3 is 1.97 bits per heavy atom. The lowest BCUT2D eigenvalue weighted by atomic mass is 9.94. The largest absolute Gasteiger partial charge is 0.405 e. The molecule has 0 amide bonds. The van der Waals surface area contributed by atoms with Gasteiger partial charge in [0, 0.05) is 0 Å². The zero-order valence-electron chi connectivity index (χ0n) is 23.4. The number of hydrogen-bond acceptors (Lipinski definition) is 3. The fraction of sp³-hybridized carbons (Fsp3) is 0.548. The molecule has 2 aromatic rings. The Morgan fingerprint density at radius 2 is 1.50 bits per heavy atom. The van der Waals surface area contributed by atoms with Gasteiger partial charge in [-0.3, -0.25) is 0 Å². The number of rotatable bonds is 11. The maximum Gasteiger partial charge on any atom is 0.261 e. The highest BCUT2D eigenvalue weighted by molar-refractivity contribution is 6.99. The van der Waals surface area contributed by atoms with Crippen molar-refractivity contribution < 1.29 is 14.3 Å². The molecule has 2 aromatic carbocycles. The molecule has 0 aliphatic carbocycles. The first kappa shape index (κ1) is 28.9. The van der Waals surface area contributed by atoms with Gasteiger partial charge >= 0.3 is 0 Å². The average Bonchev–Trinajstić information content (AvgIpc) is 3.55. The van der Waals surface area contributed by atoms with Gasteiger partial charge in [0.15, 0.2) is 5.60 Å². The molecule has 36 heavy (non-hydrogen) atoms. The molecule has 196 valence electrons. The number of benzene rings is 2. The van der Waals surface area contributed by atoms with E-state index in [-0.39, 0.29) is 11.1 Å². The van der Waals surface area contributed by atoms with Crippen molar-refractivity contribution in [2.24, 2.45) is 0 Å². The third-order valence-electron chi connectivity index (χ3n) is 7.09. The fourth-order valence-corrected chi connectivity index (χ4v) is 10.2. The molecule has 0 saturated carbocycles. The molecule has 3 nitrogen and oxygen atoms in total. The minimum Gasteiger partial charge on any atom is -0.405 e. The van der Waals surface area contributed by atoms with Crippen LogP contribution in [0.2, 0.25) is 24.7 Å². The van der Waals surface area contributed by atoms with Gasteiger partial charge in [0.2, 0.25) is 0 Å². The van der Waals surface area contributed by atoms with Crippen LogP contribution in [0, 0.1) is 11.5 Å². The Balaban J connectivity index is 1.92. The van der Waals surface area contributed by atoms with E-state index in [1.165, 1.54) is 23.2 Å². The zero-order valence-corrected chi connectivity index (χ0v) is 25.4. The van der Waals surface area contributed by atoms with Crippen molar-refractivity contribution in [3.8, 4) is 11.5 Å². The number of aliphatic hydroxyl groups excluding tert-OH is 1. The van der Waals surface area contributed by atoms with Crippen LogP contribution < -0.4 is 10.4 Å². The van der Waals surface area contributed by atoms with Crippen molar-refractivity contribution in [1.82, 2.24) is 0 Å². The molecule has 3 atom stereocenters. The first-order valence-corrected chi connectivity index (χ1v) is 19.0. The van der Waals surface area contributed by atoms with E-state index in [1.807, 2.05) is 0 Å². The summed E-state index contributed by atoms with van der Waals surface area (Å²) < 4.78 is 13.4. The molecule has 0 radical (unpaired) electrons. The van der Waals surface area contributed by atoms with Crippen molar-refractivity contribution in [2.75, 3.05) is 6.61 Å². The van der Waals surface area contributed by atoms with Crippen molar-refractivity contribution >= 4 is 26.8 Å². The van der Waals surface area contributed by atoms with Crippen LogP contribution in [0.15, 0.2) is 60.7 Å². The number of hydrogen-bond donors (Lipinski definition) is 1. The van der Waals surface area contributed by atoms with Gasteiger partial charge in [-0.2, -0.15) is 0 Å². The Bertz CT molecular complexity index is 976. The Hall–Kier alpha value is -1.69. The van der Waals surface area contributed by atoms with Gasteiger partial charge in [0.05, 0.1) is 12.7 Å². The molecule has 1 N–H and O–H groups in total. The Kier molecular flexibility index (Phi) is 9.46. The first-order valence-electron chi connectivity index (χ1n) is 13.6. The highest BCUT2D eigenvalue weighted by Gasteiger charge is 2.62. The molecule has 0 spiro atoms. The third kappa shape index (κ3) is 6.60. The molecule has 1 fully saturated rings. The average molecular weight is 523 g/mol. The van der Waals surface area contributed by atoms with Gasteiger partial charge in [0.25, 0.3) is 8.32 Å². The van der Waals surface area contributed by atoms with Gasteiger partial charge in [-0.05, 0) is 21.8 Å². The smallest absolute Gasteiger partial charge is 0.261 e. The van der Waals surface area contributed by atoms with Crippen molar-refractivity contribution in [1.29, 1.82) is 0 Å². The second-order valence-electron chi connectivity index (χ2n) is 12.2. The van der Waals surface area contributed by atoms with Crippen LogP contribution in [0.25, 0.3) is 0 Å². The quantitative estimate of drug-likeness (QED) is 0.173. The lowest BCUT2D eigenvalue weighted by Crippen LogP contribution is -2.67. The molecular weight excluding hydrogens is 477 g/mol. The Morgan fingerprint density at radius 1 is 0.944 bits per heavy atom. The topological polar surface area (TPSA) is 42.0 Å². The van der Waals surface area contributed by atoms with Crippen LogP contribution in [0.1, 0.15) is 59.8 Å². The van der Waals surface area contributed by atoms with Gasteiger partial charge in [-0.1, -0.05) is 140 Å². The van der Waals surface area contributed by atoms with Crippen molar-refractivity contribution in [3.05, 3.63) is 60.7 Å². The molecule has 1 aliphatic rings. The predicted octanol–water partition coefficient (Wildman–Crippen LogP) is 5.91. The molecule has 1 saturated heterocycles. The number of aliphatic hydroxyl groups is 1. The van der Waals surface area contributed by atoms with Gasteiger partial charge < -0.3 is 14.3 Å². The monoisotopic (exact) mass is 522 g/mol. The van der Waals surface area contributed by atoms with E-state index in [4.69, 9.17) is 9.16 Å². The highest BCUT2D eigenvalue weighted by atomic mass is 28.4. The van der Waals surface area contributed by atoms with Crippen molar-refractivity contribution in [3.63, 3.8) is 0 Å². The van der Waals surface area contributed by atoms with E-state index < -0.39 is 28.1 Å². The second kappa shape index (κ2) is 11.8. The summed E-state index contributed by atoms with van der Waals surface area (Å²) in [6.45, 7) is 16.2. The number of epoxide rings is 1. The van der Waals surface area contributed by atoms with E-state index in [2.05, 4.69) is 119 Å². The van der Waals surface area contributed by atoms with Crippen LogP contribution in [0.3, 0.4) is 0 Å². The van der Waals surface area contributed by atoms with Crippen molar-refractivity contribution in [2.45, 2.75) is 102 Å². The van der Waals surface area contributed by atoms with Gasteiger partial charge in [-0.25, -0.2) is 0 Å². The molecule has 5 heteroatoms. The standard InChI is InChI=1S/C31H46O3Si2/c1-8-9-10-17-22-28(32)31(23-24-35(5,6)7)29(34-31)25-33-36(30(2,3)4,26-18-13-11-14-19-26)27-20-15-12-16-21-27/h11-16,18-21,28-29,32H,8-10,17,22,25H2,1-7H3/t28?,29-,31-/m1/s1. The normalized spacial score (nSPS) is 20.9. The molecule has 0 aromatic heterocycles. The minimum absolute atomic E-state index is 0.101. The van der Waals surface area contributed by atoms with E-state index in [1.54, 1.807) is 0 Å². The minimum atomic E-state index is -2.67. The summed E-state index contributed by atoms with van der Waals surface area (Å²) in [5, 5.41) is 13.7. The summed E-state index contributed by atoms with van der Waals surface area (Å²) in [6.07, 6.45) is 4.42.